The Morgan fingerprint density at radius 3 is 1.00 bits per heavy atom. The number of nitrogens with zero attached hydrogens (tertiary/aromatic N) is 4. The third kappa shape index (κ3) is 6.34. The van der Waals surface area contributed by atoms with Gasteiger partial charge in [0, 0.05) is 60.5 Å². The number of para-hydroxylation sites is 6. The van der Waals surface area contributed by atoms with E-state index in [1.807, 2.05) is 0 Å². The molecule has 0 spiro atoms. The lowest BCUT2D eigenvalue weighted by Gasteiger charge is -2.17. The number of hydrogen-bond donors (Lipinski definition) is 0. The van der Waals surface area contributed by atoms with Crippen molar-refractivity contribution >= 4 is 65.4 Å². The molecule has 10 aromatic carbocycles. The van der Waals surface area contributed by atoms with Crippen LogP contribution in [0.2, 0.25) is 0 Å². The predicted molar refractivity (Wildman–Crippen MR) is 289 cm³/mol. The summed E-state index contributed by atoms with van der Waals surface area (Å²) in [7, 11) is 0. The Bertz CT molecular complexity index is 4010. The summed E-state index contributed by atoms with van der Waals surface area (Å²) >= 11 is 0. The summed E-state index contributed by atoms with van der Waals surface area (Å²) in [5.41, 5.74) is 18.7. The van der Waals surface area contributed by atoms with E-state index in [0.29, 0.717) is 0 Å². The van der Waals surface area contributed by atoms with Gasteiger partial charge in [-0.15, -0.1) is 0 Å². The van der Waals surface area contributed by atoms with E-state index in [1.165, 1.54) is 71.0 Å². The summed E-state index contributed by atoms with van der Waals surface area (Å²) in [6.07, 6.45) is 0. The van der Waals surface area contributed by atoms with Crippen LogP contribution in [-0.2, 0) is 0 Å². The van der Waals surface area contributed by atoms with E-state index in [4.69, 9.17) is 4.98 Å². The third-order valence-electron chi connectivity index (χ3n) is 14.0. The van der Waals surface area contributed by atoms with Crippen molar-refractivity contribution in [2.45, 2.75) is 0 Å². The predicted octanol–water partition coefficient (Wildman–Crippen LogP) is 17.0. The fourth-order valence-corrected chi connectivity index (χ4v) is 10.9. The van der Waals surface area contributed by atoms with Crippen LogP contribution >= 0.6 is 0 Å². The third-order valence-corrected chi connectivity index (χ3v) is 14.0. The minimum Gasteiger partial charge on any atom is -0.309 e. The Morgan fingerprint density at radius 2 is 0.551 bits per heavy atom. The van der Waals surface area contributed by atoms with Gasteiger partial charge < -0.3 is 13.7 Å². The molecule has 0 saturated carbocycles. The van der Waals surface area contributed by atoms with Crippen LogP contribution in [0, 0.1) is 0 Å². The van der Waals surface area contributed by atoms with Gasteiger partial charge in [0.1, 0.15) is 0 Å². The highest BCUT2D eigenvalue weighted by atomic mass is 15.0. The minimum atomic E-state index is 0.905. The van der Waals surface area contributed by atoms with E-state index in [9.17, 15) is 0 Å². The second kappa shape index (κ2) is 15.7. The maximum atomic E-state index is 5.52. The Hall–Kier alpha value is -9.25. The van der Waals surface area contributed by atoms with Crippen LogP contribution < -0.4 is 0 Å². The standard InChI is InChI=1S/C65H42N4/c1-2-17-43(18-3-1)45-19-16-20-46(37-45)59-41-48(40-58(66-59)44-33-35-49(36-34-44)67-60-27-10-4-21-52(60)53-22-5-11-28-61(53)67)47-38-50(68-62-29-12-6-23-54(62)55-24-7-13-30-63(55)68)42-51(39-47)69-64-31-14-8-25-56(64)57-26-9-15-32-65(57)69/h1-42H. The molecule has 0 aliphatic carbocycles. The SMILES string of the molecule is c1ccc(-c2cccc(-c3cc(-c4cc(-n5c6ccccc6c6ccccc65)cc(-n5c6ccccc6c6ccccc65)c4)cc(-c4ccc(-n5c6ccccc6c6ccccc65)cc4)n3)c2)cc1. The van der Waals surface area contributed by atoms with E-state index >= 15 is 0 Å². The molecule has 4 heteroatoms. The second-order valence-corrected chi connectivity index (χ2v) is 18.0. The lowest BCUT2D eigenvalue weighted by molar-refractivity contribution is 1.13. The normalized spacial score (nSPS) is 11.8. The molecule has 0 bridgehead atoms. The van der Waals surface area contributed by atoms with Crippen LogP contribution in [0.25, 0.3) is 127 Å². The first kappa shape index (κ1) is 39.0. The lowest BCUT2D eigenvalue weighted by Crippen LogP contribution is -2.00. The molecule has 0 fully saturated rings. The zero-order valence-corrected chi connectivity index (χ0v) is 37.5. The first-order chi connectivity index (χ1) is 34.2. The van der Waals surface area contributed by atoms with E-state index < -0.39 is 0 Å². The van der Waals surface area contributed by atoms with Gasteiger partial charge in [-0.2, -0.15) is 0 Å². The minimum absolute atomic E-state index is 0.905. The Kier molecular flexibility index (Phi) is 8.86. The van der Waals surface area contributed by atoms with E-state index in [-0.39, 0.29) is 0 Å². The van der Waals surface area contributed by atoms with Gasteiger partial charge in [0.25, 0.3) is 0 Å². The van der Waals surface area contributed by atoms with Crippen LogP contribution in [0.5, 0.6) is 0 Å². The molecule has 0 radical (unpaired) electrons. The van der Waals surface area contributed by atoms with Gasteiger partial charge in [-0.25, -0.2) is 4.98 Å². The van der Waals surface area contributed by atoms with Crippen LogP contribution in [0.1, 0.15) is 0 Å². The summed E-state index contributed by atoms with van der Waals surface area (Å²) in [5, 5.41) is 7.41. The zero-order chi connectivity index (χ0) is 45.4. The summed E-state index contributed by atoms with van der Waals surface area (Å²) in [4.78, 5) is 5.52. The van der Waals surface area contributed by atoms with Crippen molar-refractivity contribution in [1.29, 1.82) is 0 Å². The topological polar surface area (TPSA) is 27.7 Å². The summed E-state index contributed by atoms with van der Waals surface area (Å²) < 4.78 is 7.24. The van der Waals surface area contributed by atoms with E-state index in [0.717, 1.165) is 56.3 Å². The zero-order valence-electron chi connectivity index (χ0n) is 37.5. The molecule has 69 heavy (non-hydrogen) atoms. The second-order valence-electron chi connectivity index (χ2n) is 18.0. The average Bonchev–Trinajstić information content (AvgIpc) is 4.07. The van der Waals surface area contributed by atoms with Gasteiger partial charge in [0.05, 0.1) is 44.5 Å². The molecule has 0 amide bonds. The molecule has 0 unspecified atom stereocenters. The number of pyridine rings is 1. The molecule has 322 valence electrons. The van der Waals surface area contributed by atoms with Crippen LogP contribution in [0.4, 0.5) is 0 Å². The number of aromatic nitrogens is 4. The molecule has 0 aliphatic rings. The van der Waals surface area contributed by atoms with Crippen LogP contribution in [-0.4, -0.2) is 18.7 Å². The maximum Gasteiger partial charge on any atom is 0.0715 e. The van der Waals surface area contributed by atoms with Gasteiger partial charge in [-0.3, -0.25) is 0 Å². The number of benzene rings is 10. The molecule has 0 aliphatic heterocycles. The van der Waals surface area contributed by atoms with Gasteiger partial charge >= 0.3 is 0 Å². The molecular formula is C65H42N4. The van der Waals surface area contributed by atoms with Crippen molar-refractivity contribution in [3.05, 3.63) is 255 Å². The maximum absolute atomic E-state index is 5.52. The highest BCUT2D eigenvalue weighted by molar-refractivity contribution is 6.11. The van der Waals surface area contributed by atoms with Crippen molar-refractivity contribution in [2.24, 2.45) is 0 Å². The van der Waals surface area contributed by atoms with Gasteiger partial charge in [-0.1, -0.05) is 170 Å². The largest absolute Gasteiger partial charge is 0.309 e. The molecule has 14 aromatic rings. The van der Waals surface area contributed by atoms with Crippen LogP contribution in [0.3, 0.4) is 0 Å². The van der Waals surface area contributed by atoms with Gasteiger partial charge in [-0.05, 0) is 107 Å². The average molecular weight is 879 g/mol. The van der Waals surface area contributed by atoms with Gasteiger partial charge in [0.15, 0.2) is 0 Å². The number of hydrogen-bond acceptors (Lipinski definition) is 1. The van der Waals surface area contributed by atoms with Crippen LogP contribution in [0.15, 0.2) is 255 Å². The highest BCUT2D eigenvalue weighted by Gasteiger charge is 2.19. The molecule has 0 atom stereocenters. The lowest BCUT2D eigenvalue weighted by atomic mass is 9.97. The fourth-order valence-electron chi connectivity index (χ4n) is 10.9. The van der Waals surface area contributed by atoms with E-state index in [2.05, 4.69) is 268 Å². The number of rotatable bonds is 7. The smallest absolute Gasteiger partial charge is 0.0715 e. The number of fused-ring (bicyclic) bond motifs is 9. The van der Waals surface area contributed by atoms with Crippen molar-refractivity contribution in [1.82, 2.24) is 18.7 Å². The summed E-state index contributed by atoms with van der Waals surface area (Å²) in [5.74, 6) is 0. The highest BCUT2D eigenvalue weighted by Crippen LogP contribution is 2.40. The molecule has 4 heterocycles. The summed E-state index contributed by atoms with van der Waals surface area (Å²) in [6.45, 7) is 0. The van der Waals surface area contributed by atoms with Crippen molar-refractivity contribution < 1.29 is 0 Å². The molecule has 14 rings (SSSR count). The van der Waals surface area contributed by atoms with Gasteiger partial charge in [0.2, 0.25) is 0 Å². The van der Waals surface area contributed by atoms with Crippen molar-refractivity contribution in [3.8, 4) is 61.8 Å². The van der Waals surface area contributed by atoms with E-state index in [1.54, 1.807) is 0 Å². The Balaban J connectivity index is 1.01. The first-order valence-corrected chi connectivity index (χ1v) is 23.6. The molecule has 4 aromatic heterocycles. The quantitative estimate of drug-likeness (QED) is 0.157. The molecule has 4 nitrogen and oxygen atoms in total. The van der Waals surface area contributed by atoms with Crippen molar-refractivity contribution in [2.75, 3.05) is 0 Å². The molecule has 0 saturated heterocycles. The Morgan fingerprint density at radius 1 is 0.203 bits per heavy atom. The Labute approximate surface area is 398 Å². The fraction of sp³-hybridized carbons (Fsp3) is 0. The molecular weight excluding hydrogens is 837 g/mol. The first-order valence-electron chi connectivity index (χ1n) is 23.6. The van der Waals surface area contributed by atoms with Crippen molar-refractivity contribution in [3.63, 3.8) is 0 Å². The summed E-state index contributed by atoms with van der Waals surface area (Å²) in [6, 6.07) is 92.4. The monoisotopic (exact) mass is 878 g/mol. The molecule has 0 N–H and O–H groups in total.